The fourth-order valence-corrected chi connectivity index (χ4v) is 3.15. The molecule has 4 heteroatoms. The first-order valence-electron chi connectivity index (χ1n) is 8.98. The SMILES string of the molecule is CC(C(=O)Nc1ccccc1)N1CCC(OCc2ccccc2)CC1. The number of carbonyl (C=O) groups excluding carboxylic acids is 1. The minimum Gasteiger partial charge on any atom is -0.373 e. The van der Waals surface area contributed by atoms with Gasteiger partial charge in [0.1, 0.15) is 0 Å². The second-order valence-corrected chi connectivity index (χ2v) is 6.56. The summed E-state index contributed by atoms with van der Waals surface area (Å²) in [5, 5.41) is 2.98. The van der Waals surface area contributed by atoms with Gasteiger partial charge in [-0.25, -0.2) is 0 Å². The molecule has 1 amide bonds. The van der Waals surface area contributed by atoms with Crippen molar-refractivity contribution in [2.24, 2.45) is 0 Å². The Morgan fingerprint density at radius 1 is 1.08 bits per heavy atom. The highest BCUT2D eigenvalue weighted by atomic mass is 16.5. The number of rotatable bonds is 6. The molecule has 1 saturated heterocycles. The third-order valence-corrected chi connectivity index (χ3v) is 4.77. The van der Waals surface area contributed by atoms with Crippen molar-refractivity contribution in [2.45, 2.75) is 38.5 Å². The van der Waals surface area contributed by atoms with E-state index in [-0.39, 0.29) is 18.1 Å². The Bertz CT molecular complexity index is 652. The van der Waals surface area contributed by atoms with Crippen LogP contribution in [-0.2, 0) is 16.1 Å². The summed E-state index contributed by atoms with van der Waals surface area (Å²) in [5.74, 6) is 0.0508. The number of piperidine rings is 1. The van der Waals surface area contributed by atoms with Crippen LogP contribution < -0.4 is 5.32 Å². The van der Waals surface area contributed by atoms with Crippen molar-refractivity contribution in [1.29, 1.82) is 0 Å². The average Bonchev–Trinajstić information content (AvgIpc) is 2.68. The number of likely N-dealkylation sites (tertiary alicyclic amines) is 1. The first-order valence-corrected chi connectivity index (χ1v) is 8.98. The molecule has 4 nitrogen and oxygen atoms in total. The summed E-state index contributed by atoms with van der Waals surface area (Å²) >= 11 is 0. The quantitative estimate of drug-likeness (QED) is 0.873. The molecule has 2 aromatic carbocycles. The molecule has 132 valence electrons. The van der Waals surface area contributed by atoms with Crippen molar-refractivity contribution in [1.82, 2.24) is 4.90 Å². The summed E-state index contributed by atoms with van der Waals surface area (Å²) in [6.07, 6.45) is 2.21. The molecule has 1 heterocycles. The van der Waals surface area contributed by atoms with Crippen molar-refractivity contribution < 1.29 is 9.53 Å². The van der Waals surface area contributed by atoms with Crippen LogP contribution in [0.1, 0.15) is 25.3 Å². The monoisotopic (exact) mass is 338 g/mol. The fourth-order valence-electron chi connectivity index (χ4n) is 3.15. The minimum absolute atomic E-state index is 0.0508. The molecule has 0 aromatic heterocycles. The number of para-hydroxylation sites is 1. The zero-order chi connectivity index (χ0) is 17.5. The molecule has 1 atom stereocenters. The zero-order valence-corrected chi connectivity index (χ0v) is 14.7. The summed E-state index contributed by atoms with van der Waals surface area (Å²) in [4.78, 5) is 14.7. The second kappa shape index (κ2) is 8.79. The maximum absolute atomic E-state index is 12.4. The largest absolute Gasteiger partial charge is 0.373 e. The van der Waals surface area contributed by atoms with Crippen molar-refractivity contribution in [3.8, 4) is 0 Å². The molecule has 0 radical (unpaired) electrons. The number of benzene rings is 2. The van der Waals surface area contributed by atoms with Crippen molar-refractivity contribution in [3.05, 3.63) is 66.2 Å². The highest BCUT2D eigenvalue weighted by Crippen LogP contribution is 2.18. The maximum atomic E-state index is 12.4. The third kappa shape index (κ3) is 5.15. The number of nitrogens with one attached hydrogen (secondary N) is 1. The molecule has 1 N–H and O–H groups in total. The highest BCUT2D eigenvalue weighted by molar-refractivity contribution is 5.94. The number of anilines is 1. The first-order chi connectivity index (χ1) is 12.2. The van der Waals surface area contributed by atoms with Gasteiger partial charge in [-0.05, 0) is 37.5 Å². The van der Waals surface area contributed by atoms with E-state index in [9.17, 15) is 4.79 Å². The Balaban J connectivity index is 1.42. The maximum Gasteiger partial charge on any atom is 0.241 e. The smallest absolute Gasteiger partial charge is 0.241 e. The fraction of sp³-hybridized carbons (Fsp3) is 0.381. The molecule has 0 bridgehead atoms. The second-order valence-electron chi connectivity index (χ2n) is 6.56. The molecule has 0 saturated carbocycles. The molecule has 1 aliphatic rings. The van der Waals surface area contributed by atoms with E-state index in [0.29, 0.717) is 6.61 Å². The number of hydrogen-bond acceptors (Lipinski definition) is 3. The normalized spacial score (nSPS) is 17.2. The van der Waals surface area contributed by atoms with Crippen molar-refractivity contribution in [3.63, 3.8) is 0 Å². The van der Waals surface area contributed by atoms with E-state index in [1.54, 1.807) is 0 Å². The summed E-state index contributed by atoms with van der Waals surface area (Å²) in [5.41, 5.74) is 2.06. The highest BCUT2D eigenvalue weighted by Gasteiger charge is 2.27. The Hall–Kier alpha value is -2.17. The Morgan fingerprint density at radius 3 is 2.32 bits per heavy atom. The lowest BCUT2D eigenvalue weighted by Crippen LogP contribution is -2.47. The molecule has 1 unspecified atom stereocenters. The van der Waals surface area contributed by atoms with Crippen LogP contribution in [0.5, 0.6) is 0 Å². The summed E-state index contributed by atoms with van der Waals surface area (Å²) in [7, 11) is 0. The molecule has 1 aliphatic heterocycles. The van der Waals surface area contributed by atoms with Crippen LogP contribution in [0.2, 0.25) is 0 Å². The number of carbonyl (C=O) groups is 1. The third-order valence-electron chi connectivity index (χ3n) is 4.77. The average molecular weight is 338 g/mol. The molecular weight excluding hydrogens is 312 g/mol. The van der Waals surface area contributed by atoms with Crippen LogP contribution in [0.25, 0.3) is 0 Å². The van der Waals surface area contributed by atoms with E-state index >= 15 is 0 Å². The van der Waals surface area contributed by atoms with Crippen molar-refractivity contribution in [2.75, 3.05) is 18.4 Å². The summed E-state index contributed by atoms with van der Waals surface area (Å²) in [6.45, 7) is 4.42. The van der Waals surface area contributed by atoms with Gasteiger partial charge in [0.15, 0.2) is 0 Å². The van der Waals surface area contributed by atoms with Gasteiger partial charge in [0.25, 0.3) is 0 Å². The van der Waals surface area contributed by atoms with Gasteiger partial charge in [-0.3, -0.25) is 9.69 Å². The number of amides is 1. The predicted molar refractivity (Wildman–Crippen MR) is 100 cm³/mol. The van der Waals surface area contributed by atoms with Crippen LogP contribution in [0, 0.1) is 0 Å². The summed E-state index contributed by atoms with van der Waals surface area (Å²) in [6, 6.07) is 19.8. The van der Waals surface area contributed by atoms with Gasteiger partial charge in [-0.2, -0.15) is 0 Å². The molecule has 0 spiro atoms. The lowest BCUT2D eigenvalue weighted by molar-refractivity contribution is -0.122. The molecule has 1 fully saturated rings. The molecule has 0 aliphatic carbocycles. The van der Waals surface area contributed by atoms with E-state index in [2.05, 4.69) is 22.3 Å². The molecule has 2 aromatic rings. The molecule has 25 heavy (non-hydrogen) atoms. The Morgan fingerprint density at radius 2 is 1.68 bits per heavy atom. The van der Waals surface area contributed by atoms with Crippen molar-refractivity contribution >= 4 is 11.6 Å². The Labute approximate surface area is 149 Å². The van der Waals surface area contributed by atoms with Crippen LogP contribution in [0.3, 0.4) is 0 Å². The van der Waals surface area contributed by atoms with Gasteiger partial charge in [0.05, 0.1) is 18.8 Å². The van der Waals surface area contributed by atoms with Crippen LogP contribution in [0.4, 0.5) is 5.69 Å². The first kappa shape index (κ1) is 17.6. The van der Waals surface area contributed by atoms with E-state index in [4.69, 9.17) is 4.74 Å². The van der Waals surface area contributed by atoms with Gasteiger partial charge in [0, 0.05) is 18.8 Å². The van der Waals surface area contributed by atoms with Crippen LogP contribution in [0.15, 0.2) is 60.7 Å². The van der Waals surface area contributed by atoms with Crippen LogP contribution >= 0.6 is 0 Å². The molecular formula is C21H26N2O2. The van der Waals surface area contributed by atoms with Gasteiger partial charge < -0.3 is 10.1 Å². The zero-order valence-electron chi connectivity index (χ0n) is 14.7. The lowest BCUT2D eigenvalue weighted by Gasteiger charge is -2.35. The van der Waals surface area contributed by atoms with E-state index in [1.165, 1.54) is 5.56 Å². The lowest BCUT2D eigenvalue weighted by atomic mass is 10.1. The standard InChI is InChI=1S/C21H26N2O2/c1-17(21(24)22-19-10-6-3-7-11-19)23-14-12-20(13-15-23)25-16-18-8-4-2-5-9-18/h2-11,17,20H,12-16H2,1H3,(H,22,24). The summed E-state index contributed by atoms with van der Waals surface area (Å²) < 4.78 is 6.03. The van der Waals surface area contributed by atoms with Gasteiger partial charge in [-0.1, -0.05) is 48.5 Å². The van der Waals surface area contributed by atoms with Crippen LogP contribution in [-0.4, -0.2) is 36.0 Å². The van der Waals surface area contributed by atoms with E-state index in [1.807, 2.05) is 55.5 Å². The number of hydrogen-bond donors (Lipinski definition) is 1. The number of nitrogens with zero attached hydrogens (tertiary/aromatic N) is 1. The molecule has 3 rings (SSSR count). The number of ether oxygens (including phenoxy) is 1. The van der Waals surface area contributed by atoms with E-state index in [0.717, 1.165) is 31.6 Å². The van der Waals surface area contributed by atoms with Gasteiger partial charge >= 0.3 is 0 Å². The topological polar surface area (TPSA) is 41.6 Å². The Kier molecular flexibility index (Phi) is 6.20. The van der Waals surface area contributed by atoms with Gasteiger partial charge in [0.2, 0.25) is 5.91 Å². The minimum atomic E-state index is -0.129. The van der Waals surface area contributed by atoms with E-state index < -0.39 is 0 Å². The van der Waals surface area contributed by atoms with Gasteiger partial charge in [-0.15, -0.1) is 0 Å². The predicted octanol–water partition coefficient (Wildman–Crippen LogP) is 3.69.